The molecule has 0 radical (unpaired) electrons. The van der Waals surface area contributed by atoms with Gasteiger partial charge in [-0.05, 0) is 44.6 Å². The minimum atomic E-state index is 0.409. The summed E-state index contributed by atoms with van der Waals surface area (Å²) in [5.41, 5.74) is 0. The maximum absolute atomic E-state index is 4.71. The molecule has 1 unspecified atom stereocenters. The first-order valence-electron chi connectivity index (χ1n) is 9.32. The Morgan fingerprint density at radius 3 is 2.56 bits per heavy atom. The van der Waals surface area contributed by atoms with Crippen LogP contribution in [0.3, 0.4) is 0 Å². The number of hydrogen-bond donors (Lipinski definition) is 2. The Labute approximate surface area is 157 Å². The molecule has 0 aliphatic heterocycles. The highest BCUT2D eigenvalue weighted by atomic mass is 32.2. The molecular formula is C18H36N6S. The first kappa shape index (κ1) is 21.8. The zero-order valence-corrected chi connectivity index (χ0v) is 17.6. The molecule has 0 aliphatic carbocycles. The number of nitrogens with zero attached hydrogens (tertiary/aromatic N) is 4. The monoisotopic (exact) mass is 368 g/mol. The molecule has 1 rings (SSSR count). The van der Waals surface area contributed by atoms with Crippen molar-refractivity contribution >= 4 is 17.7 Å². The van der Waals surface area contributed by atoms with Crippen LogP contribution < -0.4 is 10.6 Å². The number of aryl methyl sites for hydroxylation is 1. The van der Waals surface area contributed by atoms with Gasteiger partial charge >= 0.3 is 0 Å². The van der Waals surface area contributed by atoms with Crippen molar-refractivity contribution in [3.05, 3.63) is 11.6 Å². The molecule has 144 valence electrons. The van der Waals surface area contributed by atoms with Crippen LogP contribution in [-0.2, 0) is 13.6 Å². The maximum Gasteiger partial charge on any atom is 0.191 e. The van der Waals surface area contributed by atoms with Crippen LogP contribution in [0.5, 0.6) is 0 Å². The van der Waals surface area contributed by atoms with Gasteiger partial charge in [0.15, 0.2) is 11.8 Å². The van der Waals surface area contributed by atoms with Gasteiger partial charge in [0.05, 0.1) is 0 Å². The molecule has 0 bridgehead atoms. The predicted octanol–water partition coefficient (Wildman–Crippen LogP) is 3.13. The molecule has 0 fully saturated rings. The molecule has 1 atom stereocenters. The first-order chi connectivity index (χ1) is 11.9. The smallest absolute Gasteiger partial charge is 0.191 e. The highest BCUT2D eigenvalue weighted by Gasteiger charge is 2.08. The lowest BCUT2D eigenvalue weighted by atomic mass is 10.0. The Hall–Kier alpha value is -1.24. The van der Waals surface area contributed by atoms with E-state index in [1.165, 1.54) is 12.8 Å². The van der Waals surface area contributed by atoms with Crippen molar-refractivity contribution < 1.29 is 0 Å². The van der Waals surface area contributed by atoms with E-state index in [9.17, 15) is 0 Å². The Kier molecular flexibility index (Phi) is 10.6. The van der Waals surface area contributed by atoms with Crippen molar-refractivity contribution in [2.24, 2.45) is 18.0 Å². The van der Waals surface area contributed by atoms with E-state index in [-0.39, 0.29) is 0 Å². The average molecular weight is 369 g/mol. The molecule has 0 aliphatic rings. The van der Waals surface area contributed by atoms with Crippen molar-refractivity contribution in [2.75, 3.05) is 18.6 Å². The van der Waals surface area contributed by atoms with E-state index in [0.717, 1.165) is 48.7 Å². The standard InChI is InChI=1S/C18H36N6S/c1-14(2)9-7-10-15(3)21-18(19-11-8-12-25-6)20-13-17-23-22-16(4)24(17)5/h14-15H,7-13H2,1-6H3,(H2,19,20,21). The fourth-order valence-corrected chi connectivity index (χ4v) is 2.89. The summed E-state index contributed by atoms with van der Waals surface area (Å²) in [4.78, 5) is 4.71. The maximum atomic E-state index is 4.71. The summed E-state index contributed by atoms with van der Waals surface area (Å²) in [6, 6.07) is 0.409. The zero-order valence-electron chi connectivity index (χ0n) is 16.8. The molecule has 6 nitrogen and oxygen atoms in total. The second-order valence-electron chi connectivity index (χ2n) is 7.03. The van der Waals surface area contributed by atoms with E-state index < -0.39 is 0 Å². The molecule has 2 N–H and O–H groups in total. The van der Waals surface area contributed by atoms with E-state index in [2.05, 4.69) is 47.9 Å². The number of thioether (sulfide) groups is 1. The molecule has 1 heterocycles. The molecule has 0 aromatic carbocycles. The van der Waals surface area contributed by atoms with Gasteiger partial charge in [-0.15, -0.1) is 10.2 Å². The predicted molar refractivity (Wildman–Crippen MR) is 109 cm³/mol. The largest absolute Gasteiger partial charge is 0.356 e. The third-order valence-corrected chi connectivity index (χ3v) is 4.88. The lowest BCUT2D eigenvalue weighted by Gasteiger charge is -2.18. The number of aromatic nitrogens is 3. The number of hydrogen-bond acceptors (Lipinski definition) is 4. The molecule has 0 amide bonds. The minimum Gasteiger partial charge on any atom is -0.356 e. The van der Waals surface area contributed by atoms with Crippen molar-refractivity contribution in [2.45, 2.75) is 66.0 Å². The van der Waals surface area contributed by atoms with Crippen molar-refractivity contribution in [1.82, 2.24) is 25.4 Å². The van der Waals surface area contributed by atoms with Crippen LogP contribution in [-0.4, -0.2) is 45.3 Å². The van der Waals surface area contributed by atoms with E-state index in [1.54, 1.807) is 0 Å². The Morgan fingerprint density at radius 1 is 1.20 bits per heavy atom. The van der Waals surface area contributed by atoms with Crippen LogP contribution in [0.1, 0.15) is 58.1 Å². The molecule has 7 heteroatoms. The van der Waals surface area contributed by atoms with Crippen LogP contribution in [0, 0.1) is 12.8 Å². The molecule has 1 aromatic rings. The Balaban J connectivity index is 2.57. The lowest BCUT2D eigenvalue weighted by molar-refractivity contribution is 0.491. The van der Waals surface area contributed by atoms with Crippen molar-refractivity contribution in [1.29, 1.82) is 0 Å². The van der Waals surface area contributed by atoms with Gasteiger partial charge in [-0.25, -0.2) is 4.99 Å². The molecule has 0 saturated heterocycles. The van der Waals surface area contributed by atoms with Gasteiger partial charge in [0, 0.05) is 19.6 Å². The normalized spacial score (nSPS) is 13.3. The molecule has 25 heavy (non-hydrogen) atoms. The molecule has 1 aromatic heterocycles. The van der Waals surface area contributed by atoms with E-state index >= 15 is 0 Å². The summed E-state index contributed by atoms with van der Waals surface area (Å²) in [5.74, 6) is 4.60. The summed E-state index contributed by atoms with van der Waals surface area (Å²) >= 11 is 1.87. The Morgan fingerprint density at radius 2 is 1.96 bits per heavy atom. The van der Waals surface area contributed by atoms with Gasteiger partial charge in [0.25, 0.3) is 0 Å². The zero-order chi connectivity index (χ0) is 18.7. The number of aliphatic imine (C=N–C) groups is 1. The highest BCUT2D eigenvalue weighted by Crippen LogP contribution is 2.08. The van der Waals surface area contributed by atoms with Gasteiger partial charge in [0.2, 0.25) is 0 Å². The van der Waals surface area contributed by atoms with Crippen LogP contribution in [0.2, 0.25) is 0 Å². The minimum absolute atomic E-state index is 0.409. The lowest BCUT2D eigenvalue weighted by Crippen LogP contribution is -2.42. The highest BCUT2D eigenvalue weighted by molar-refractivity contribution is 7.98. The Bertz CT molecular complexity index is 512. The quantitative estimate of drug-likeness (QED) is 0.357. The second-order valence-corrected chi connectivity index (χ2v) is 8.02. The first-order valence-corrected chi connectivity index (χ1v) is 10.7. The molecule has 0 spiro atoms. The van der Waals surface area contributed by atoms with E-state index in [0.29, 0.717) is 12.6 Å². The van der Waals surface area contributed by atoms with Gasteiger partial charge < -0.3 is 15.2 Å². The van der Waals surface area contributed by atoms with Crippen molar-refractivity contribution in [3.8, 4) is 0 Å². The number of rotatable bonds is 11. The van der Waals surface area contributed by atoms with Crippen LogP contribution in [0.4, 0.5) is 0 Å². The second kappa shape index (κ2) is 12.2. The van der Waals surface area contributed by atoms with Gasteiger partial charge in [0.1, 0.15) is 12.4 Å². The van der Waals surface area contributed by atoms with Crippen LogP contribution in [0.15, 0.2) is 4.99 Å². The summed E-state index contributed by atoms with van der Waals surface area (Å²) in [6.45, 7) is 10.2. The van der Waals surface area contributed by atoms with E-state index in [1.807, 2.05) is 30.3 Å². The number of guanidine groups is 1. The van der Waals surface area contributed by atoms with Crippen LogP contribution in [0.25, 0.3) is 0 Å². The topological polar surface area (TPSA) is 67.1 Å². The molecular weight excluding hydrogens is 332 g/mol. The fourth-order valence-electron chi connectivity index (χ4n) is 2.45. The summed E-state index contributed by atoms with van der Waals surface area (Å²) in [7, 11) is 1.98. The third kappa shape index (κ3) is 9.14. The van der Waals surface area contributed by atoms with E-state index in [4.69, 9.17) is 4.99 Å². The van der Waals surface area contributed by atoms with Gasteiger partial charge in [-0.3, -0.25) is 0 Å². The van der Waals surface area contributed by atoms with Gasteiger partial charge in [-0.2, -0.15) is 11.8 Å². The summed E-state index contributed by atoms with van der Waals surface area (Å²) in [5, 5.41) is 15.3. The third-order valence-electron chi connectivity index (χ3n) is 4.18. The number of nitrogens with one attached hydrogen (secondary N) is 2. The SMILES string of the molecule is CSCCCNC(=NCc1nnc(C)n1C)NC(C)CCCC(C)C. The van der Waals surface area contributed by atoms with Crippen LogP contribution >= 0.6 is 11.8 Å². The van der Waals surface area contributed by atoms with Gasteiger partial charge in [-0.1, -0.05) is 26.7 Å². The summed E-state index contributed by atoms with van der Waals surface area (Å²) in [6.07, 6.45) is 6.95. The average Bonchev–Trinajstić information content (AvgIpc) is 2.87. The fraction of sp³-hybridized carbons (Fsp3) is 0.833. The summed E-state index contributed by atoms with van der Waals surface area (Å²) < 4.78 is 1.99. The molecule has 0 saturated carbocycles. The van der Waals surface area contributed by atoms with Crippen molar-refractivity contribution in [3.63, 3.8) is 0 Å².